The first-order chi connectivity index (χ1) is 19.1. The van der Waals surface area contributed by atoms with Crippen molar-refractivity contribution in [1.29, 1.82) is 0 Å². The molecule has 2 aliphatic heterocycles. The Kier molecular flexibility index (Phi) is 7.89. The fourth-order valence-corrected chi connectivity index (χ4v) is 6.78. The Bertz CT molecular complexity index is 1290. The molecule has 3 heterocycles. The zero-order valence-corrected chi connectivity index (χ0v) is 24.0. The highest BCUT2D eigenvalue weighted by atomic mass is 35.5. The van der Waals surface area contributed by atoms with Gasteiger partial charge in [-0.2, -0.15) is 9.97 Å². The number of anilines is 3. The summed E-state index contributed by atoms with van der Waals surface area (Å²) in [4.78, 5) is 14.7. The van der Waals surface area contributed by atoms with Gasteiger partial charge in [0, 0.05) is 49.2 Å². The van der Waals surface area contributed by atoms with Crippen LogP contribution in [0.4, 0.5) is 17.6 Å². The Morgan fingerprint density at radius 1 is 0.821 bits per heavy atom. The fourth-order valence-electron chi connectivity index (χ4n) is 6.43. The highest BCUT2D eigenvalue weighted by Gasteiger charge is 2.36. The molecule has 0 unspecified atom stereocenters. The largest absolute Gasteiger partial charge is 0.361 e. The van der Waals surface area contributed by atoms with Crippen LogP contribution in [-0.2, 0) is 18.5 Å². The van der Waals surface area contributed by atoms with Crippen molar-refractivity contribution in [2.75, 3.05) is 34.8 Å². The van der Waals surface area contributed by atoms with E-state index < -0.39 is 0 Å². The third-order valence-corrected chi connectivity index (χ3v) is 9.09. The van der Waals surface area contributed by atoms with Crippen molar-refractivity contribution in [2.45, 2.75) is 69.9 Å². The second-order valence-corrected chi connectivity index (χ2v) is 12.1. The summed E-state index contributed by atoms with van der Waals surface area (Å²) < 4.78 is 0. The van der Waals surface area contributed by atoms with Gasteiger partial charge in [0.25, 0.3) is 0 Å². The van der Waals surface area contributed by atoms with Crippen molar-refractivity contribution in [3.05, 3.63) is 76.3 Å². The van der Waals surface area contributed by atoms with Gasteiger partial charge in [-0.15, -0.1) is 0 Å². The maximum atomic E-state index is 6.36. The first kappa shape index (κ1) is 26.3. The van der Waals surface area contributed by atoms with Crippen molar-refractivity contribution in [3.8, 4) is 0 Å². The van der Waals surface area contributed by atoms with E-state index in [9.17, 15) is 0 Å². The third-order valence-electron chi connectivity index (χ3n) is 8.60. The van der Waals surface area contributed by atoms with Gasteiger partial charge in [-0.1, -0.05) is 73.7 Å². The molecule has 3 aromatic rings. The monoisotopic (exact) mass is 560 g/mol. The minimum atomic E-state index is 0.0396. The summed E-state index contributed by atoms with van der Waals surface area (Å²) in [6.45, 7) is 4.54. The Labute approximate surface area is 242 Å². The van der Waals surface area contributed by atoms with Crippen LogP contribution in [0.5, 0.6) is 0 Å². The topological polar surface area (TPSA) is 56.3 Å². The molecule has 1 saturated carbocycles. The molecule has 2 aromatic carbocycles. The number of hydrogen-bond acceptors (Lipinski definition) is 5. The van der Waals surface area contributed by atoms with E-state index in [0.29, 0.717) is 11.1 Å². The SMILES string of the molecule is S=C(NCC1(c2cccc(Cl)c2)CCCC1)Nc1nc(N2CCCCCC2)cc(N2Cc3ccccc3C2)n1. The number of halogens is 1. The van der Waals surface area contributed by atoms with Crippen LogP contribution in [0.25, 0.3) is 0 Å². The average molecular weight is 561 g/mol. The first-order valence-electron chi connectivity index (χ1n) is 14.3. The molecule has 2 N–H and O–H groups in total. The van der Waals surface area contributed by atoms with Gasteiger partial charge in [0.15, 0.2) is 5.11 Å². The number of benzene rings is 2. The van der Waals surface area contributed by atoms with Crippen molar-refractivity contribution in [3.63, 3.8) is 0 Å². The lowest BCUT2D eigenvalue weighted by Gasteiger charge is -2.31. The number of nitrogens with zero attached hydrogens (tertiary/aromatic N) is 4. The summed E-state index contributed by atoms with van der Waals surface area (Å²) in [7, 11) is 0. The smallest absolute Gasteiger partial charge is 0.232 e. The van der Waals surface area contributed by atoms with E-state index in [4.69, 9.17) is 33.8 Å². The molecule has 2 fully saturated rings. The molecule has 6 nitrogen and oxygen atoms in total. The number of aromatic nitrogens is 2. The minimum absolute atomic E-state index is 0.0396. The minimum Gasteiger partial charge on any atom is -0.361 e. The summed E-state index contributed by atoms with van der Waals surface area (Å²) in [5, 5.41) is 8.21. The maximum absolute atomic E-state index is 6.36. The Morgan fingerprint density at radius 3 is 2.15 bits per heavy atom. The van der Waals surface area contributed by atoms with Crippen LogP contribution in [0.1, 0.15) is 68.1 Å². The maximum Gasteiger partial charge on any atom is 0.232 e. The average Bonchev–Trinajstić information content (AvgIpc) is 3.52. The van der Waals surface area contributed by atoms with Crippen LogP contribution in [0.2, 0.25) is 5.02 Å². The quantitative estimate of drug-likeness (QED) is 0.320. The molecule has 3 aliphatic rings. The molecule has 6 rings (SSSR count). The molecule has 0 atom stereocenters. The van der Waals surface area contributed by atoms with Crippen molar-refractivity contribution < 1.29 is 0 Å². The van der Waals surface area contributed by atoms with Crippen molar-refractivity contribution in [1.82, 2.24) is 15.3 Å². The van der Waals surface area contributed by atoms with E-state index in [2.05, 4.69) is 69.0 Å². The van der Waals surface area contributed by atoms with Crippen LogP contribution < -0.4 is 20.4 Å². The predicted molar refractivity (Wildman–Crippen MR) is 165 cm³/mol. The van der Waals surface area contributed by atoms with Gasteiger partial charge in [-0.05, 0) is 66.7 Å². The normalized spacial score (nSPS) is 18.5. The van der Waals surface area contributed by atoms with Crippen molar-refractivity contribution >= 4 is 46.5 Å². The summed E-state index contributed by atoms with van der Waals surface area (Å²) in [5.41, 5.74) is 4.06. The second kappa shape index (κ2) is 11.7. The molecule has 39 heavy (non-hydrogen) atoms. The number of nitrogens with one attached hydrogen (secondary N) is 2. The summed E-state index contributed by atoms with van der Waals surface area (Å²) in [6.07, 6.45) is 9.65. The van der Waals surface area contributed by atoms with Gasteiger partial charge in [-0.3, -0.25) is 0 Å². The van der Waals surface area contributed by atoms with E-state index in [0.717, 1.165) is 62.2 Å². The summed E-state index contributed by atoms with van der Waals surface area (Å²) >= 11 is 12.2. The predicted octanol–water partition coefficient (Wildman–Crippen LogP) is 6.83. The van der Waals surface area contributed by atoms with Gasteiger partial charge in [0.1, 0.15) is 11.6 Å². The van der Waals surface area contributed by atoms with Gasteiger partial charge in [0.2, 0.25) is 5.95 Å². The van der Waals surface area contributed by atoms with Crippen LogP contribution in [0, 0.1) is 0 Å². The molecule has 0 bridgehead atoms. The third kappa shape index (κ3) is 5.99. The van der Waals surface area contributed by atoms with Gasteiger partial charge >= 0.3 is 0 Å². The standard InChI is InChI=1S/C31H37ClN6S/c32-26-13-9-12-25(18-26)31(14-5-6-15-31)22-33-30(39)36-29-34-27(37-16-7-1-2-8-17-37)19-28(35-29)38-20-23-10-3-4-11-24(23)21-38/h3-4,9-13,18-19H,1-2,5-8,14-17,20-22H2,(H2,33,34,35,36,39). The molecule has 1 aromatic heterocycles. The van der Waals surface area contributed by atoms with Gasteiger partial charge < -0.3 is 20.4 Å². The lowest BCUT2D eigenvalue weighted by Crippen LogP contribution is -2.41. The van der Waals surface area contributed by atoms with E-state index in [-0.39, 0.29) is 5.41 Å². The fraction of sp³-hybridized carbons (Fsp3) is 0.452. The molecule has 204 valence electrons. The second-order valence-electron chi connectivity index (χ2n) is 11.2. The number of fused-ring (bicyclic) bond motifs is 1. The van der Waals surface area contributed by atoms with E-state index in [1.54, 1.807) is 0 Å². The number of hydrogen-bond donors (Lipinski definition) is 2. The van der Waals surface area contributed by atoms with E-state index in [1.807, 2.05) is 6.07 Å². The van der Waals surface area contributed by atoms with Crippen LogP contribution >= 0.6 is 23.8 Å². The van der Waals surface area contributed by atoms with E-state index in [1.165, 1.54) is 55.2 Å². The zero-order valence-electron chi connectivity index (χ0n) is 22.5. The zero-order chi connectivity index (χ0) is 26.7. The lowest BCUT2D eigenvalue weighted by molar-refractivity contribution is 0.435. The molecular formula is C31H37ClN6S. The number of rotatable bonds is 6. The molecular weight excluding hydrogens is 524 g/mol. The highest BCUT2D eigenvalue weighted by Crippen LogP contribution is 2.41. The summed E-state index contributed by atoms with van der Waals surface area (Å²) in [5.74, 6) is 2.48. The molecule has 1 saturated heterocycles. The molecule has 0 amide bonds. The molecule has 1 aliphatic carbocycles. The molecule has 0 spiro atoms. The Balaban J connectivity index is 1.21. The number of thiocarbonyl (C=S) groups is 1. The van der Waals surface area contributed by atoms with Crippen LogP contribution in [-0.4, -0.2) is 34.7 Å². The van der Waals surface area contributed by atoms with Gasteiger partial charge in [-0.25, -0.2) is 0 Å². The Morgan fingerprint density at radius 2 is 1.49 bits per heavy atom. The van der Waals surface area contributed by atoms with E-state index >= 15 is 0 Å². The van der Waals surface area contributed by atoms with Crippen LogP contribution in [0.3, 0.4) is 0 Å². The lowest BCUT2D eigenvalue weighted by atomic mass is 9.79. The van der Waals surface area contributed by atoms with Crippen molar-refractivity contribution in [2.24, 2.45) is 0 Å². The van der Waals surface area contributed by atoms with Crippen LogP contribution in [0.15, 0.2) is 54.6 Å². The van der Waals surface area contributed by atoms with Gasteiger partial charge in [0.05, 0.1) is 0 Å². The highest BCUT2D eigenvalue weighted by molar-refractivity contribution is 7.80. The first-order valence-corrected chi connectivity index (χ1v) is 15.1. The Hall–Kier alpha value is -2.90. The molecule has 8 heteroatoms. The molecule has 0 radical (unpaired) electrons. The summed E-state index contributed by atoms with van der Waals surface area (Å²) in [6, 6.07) is 19.1.